The maximum Gasteiger partial charge on any atom is 0.265 e. The van der Waals surface area contributed by atoms with Gasteiger partial charge in [0.25, 0.3) is 10.0 Å². The number of sulfonamides is 1. The number of carbonyl (C=O) groups excluding carboxylic acids is 1. The van der Waals surface area contributed by atoms with Crippen molar-refractivity contribution in [2.45, 2.75) is 10.6 Å². The van der Waals surface area contributed by atoms with Gasteiger partial charge in [0, 0.05) is 29.1 Å². The molecule has 0 bridgehead atoms. The van der Waals surface area contributed by atoms with Gasteiger partial charge in [0.1, 0.15) is 12.3 Å². The van der Waals surface area contributed by atoms with Crippen molar-refractivity contribution in [1.29, 1.82) is 0 Å². The molecule has 0 spiro atoms. The lowest BCUT2D eigenvalue weighted by Crippen LogP contribution is -2.41. The van der Waals surface area contributed by atoms with Crippen molar-refractivity contribution >= 4 is 68.2 Å². The van der Waals surface area contributed by atoms with Gasteiger partial charge in [-0.05, 0) is 48.0 Å². The van der Waals surface area contributed by atoms with Crippen LogP contribution in [0.3, 0.4) is 0 Å². The molecular formula is C26H27Cl3N2O6S2. The van der Waals surface area contributed by atoms with Crippen LogP contribution in [-0.4, -0.2) is 54.5 Å². The number of carbonyl (C=O) groups is 1. The van der Waals surface area contributed by atoms with Gasteiger partial charge < -0.3 is 19.5 Å². The van der Waals surface area contributed by atoms with Crippen LogP contribution in [0, 0.1) is 0 Å². The lowest BCUT2D eigenvalue weighted by Gasteiger charge is -2.26. The van der Waals surface area contributed by atoms with Gasteiger partial charge in [-0.3, -0.25) is 9.10 Å². The van der Waals surface area contributed by atoms with Crippen LogP contribution in [0.5, 0.6) is 17.2 Å². The lowest BCUT2D eigenvalue weighted by atomic mass is 10.2. The lowest BCUT2D eigenvalue weighted by molar-refractivity contribution is -0.119. The van der Waals surface area contributed by atoms with E-state index in [9.17, 15) is 13.2 Å². The zero-order valence-electron chi connectivity index (χ0n) is 21.4. The average molecular weight is 634 g/mol. The third kappa shape index (κ3) is 8.02. The van der Waals surface area contributed by atoms with Crippen LogP contribution in [0.15, 0.2) is 59.5 Å². The SMILES string of the molecule is COc1ccc(S(=O)(=O)N(CC(=O)NCCSCc2ccc(Cl)c(Cl)c2)c2cc(Cl)ccc2OC)cc1OC. The molecule has 0 radical (unpaired) electrons. The molecule has 0 aliphatic heterocycles. The van der Waals surface area contributed by atoms with E-state index in [1.54, 1.807) is 30.0 Å². The highest BCUT2D eigenvalue weighted by molar-refractivity contribution is 7.98. The van der Waals surface area contributed by atoms with Gasteiger partial charge in [0.15, 0.2) is 11.5 Å². The molecule has 8 nitrogen and oxygen atoms in total. The fourth-order valence-electron chi connectivity index (χ4n) is 3.53. The molecule has 0 atom stereocenters. The number of hydrogen-bond acceptors (Lipinski definition) is 7. The standard InChI is InChI=1S/C26H27Cl3N2O6S2/c1-35-23-8-5-18(27)13-22(23)31(39(33,34)19-6-9-24(36-2)25(14-19)37-3)15-26(32)30-10-11-38-16-17-4-7-20(28)21(29)12-17/h4-9,12-14H,10-11,15-16H2,1-3H3,(H,30,32). The summed E-state index contributed by atoms with van der Waals surface area (Å²) < 4.78 is 44.5. The Kier molecular flexibility index (Phi) is 11.3. The second kappa shape index (κ2) is 14.2. The number of amides is 1. The number of nitrogens with one attached hydrogen (secondary N) is 1. The third-order valence-electron chi connectivity index (χ3n) is 5.46. The maximum atomic E-state index is 13.8. The number of methoxy groups -OCH3 is 3. The first-order valence-corrected chi connectivity index (χ1v) is 15.2. The van der Waals surface area contributed by atoms with Gasteiger partial charge in [-0.1, -0.05) is 40.9 Å². The Morgan fingerprint density at radius 2 is 1.56 bits per heavy atom. The minimum Gasteiger partial charge on any atom is -0.495 e. The number of thioether (sulfide) groups is 1. The number of anilines is 1. The Morgan fingerprint density at radius 1 is 0.872 bits per heavy atom. The van der Waals surface area contributed by atoms with Crippen LogP contribution in [0.4, 0.5) is 5.69 Å². The second-order valence-corrected chi connectivity index (χ2v) is 12.2. The Bertz CT molecular complexity index is 1420. The molecule has 0 unspecified atom stereocenters. The topological polar surface area (TPSA) is 94.2 Å². The first-order chi connectivity index (χ1) is 18.6. The van der Waals surface area contributed by atoms with Crippen LogP contribution in [0.1, 0.15) is 5.56 Å². The third-order valence-corrected chi connectivity index (χ3v) is 9.22. The van der Waals surface area contributed by atoms with Crippen LogP contribution >= 0.6 is 46.6 Å². The smallest absolute Gasteiger partial charge is 0.265 e. The summed E-state index contributed by atoms with van der Waals surface area (Å²) in [7, 11) is -0.0147. The Hall–Kier alpha value is -2.50. The monoisotopic (exact) mass is 632 g/mol. The van der Waals surface area contributed by atoms with Crippen molar-refractivity contribution in [3.63, 3.8) is 0 Å². The molecule has 0 heterocycles. The number of nitrogens with zero attached hydrogens (tertiary/aromatic N) is 1. The summed E-state index contributed by atoms with van der Waals surface area (Å²) in [4.78, 5) is 12.8. The summed E-state index contributed by atoms with van der Waals surface area (Å²) >= 11 is 19.8. The molecule has 1 N–H and O–H groups in total. The van der Waals surface area contributed by atoms with Crippen LogP contribution < -0.4 is 23.8 Å². The van der Waals surface area contributed by atoms with Crippen molar-refractivity contribution in [2.75, 3.05) is 44.5 Å². The highest BCUT2D eigenvalue weighted by atomic mass is 35.5. The van der Waals surface area contributed by atoms with Crippen molar-refractivity contribution in [1.82, 2.24) is 5.32 Å². The molecule has 0 aromatic heterocycles. The normalized spacial score (nSPS) is 11.1. The zero-order valence-corrected chi connectivity index (χ0v) is 25.3. The largest absolute Gasteiger partial charge is 0.495 e. The molecule has 1 amide bonds. The quantitative estimate of drug-likeness (QED) is 0.234. The Morgan fingerprint density at radius 3 is 2.23 bits per heavy atom. The van der Waals surface area contributed by atoms with Gasteiger partial charge in [-0.2, -0.15) is 11.8 Å². The number of benzene rings is 3. The molecule has 0 fully saturated rings. The van der Waals surface area contributed by atoms with Crippen molar-refractivity contribution < 1.29 is 27.4 Å². The number of rotatable bonds is 13. The zero-order chi connectivity index (χ0) is 28.6. The van der Waals surface area contributed by atoms with E-state index in [4.69, 9.17) is 49.0 Å². The molecule has 0 aliphatic carbocycles. The molecule has 13 heteroatoms. The molecule has 39 heavy (non-hydrogen) atoms. The summed E-state index contributed by atoms with van der Waals surface area (Å²) in [6.45, 7) is -0.188. The molecule has 210 valence electrons. The van der Waals surface area contributed by atoms with E-state index in [0.29, 0.717) is 33.8 Å². The van der Waals surface area contributed by atoms with Crippen molar-refractivity contribution in [3.05, 3.63) is 75.2 Å². The van der Waals surface area contributed by atoms with E-state index >= 15 is 0 Å². The van der Waals surface area contributed by atoms with Gasteiger partial charge >= 0.3 is 0 Å². The predicted molar refractivity (Wildman–Crippen MR) is 158 cm³/mol. The fraction of sp³-hybridized carbons (Fsp3) is 0.269. The molecular weight excluding hydrogens is 607 g/mol. The van der Waals surface area contributed by atoms with E-state index < -0.39 is 22.5 Å². The Balaban J connectivity index is 1.78. The van der Waals surface area contributed by atoms with E-state index in [1.807, 2.05) is 6.07 Å². The minimum absolute atomic E-state index is 0.104. The number of hydrogen-bond donors (Lipinski definition) is 1. The Labute approximate surface area is 247 Å². The van der Waals surface area contributed by atoms with Crippen LogP contribution in [0.2, 0.25) is 15.1 Å². The summed E-state index contributed by atoms with van der Waals surface area (Å²) in [6, 6.07) is 14.1. The van der Waals surface area contributed by atoms with Gasteiger partial charge in [-0.25, -0.2) is 8.42 Å². The first kappa shape index (κ1) is 31.0. The summed E-state index contributed by atoms with van der Waals surface area (Å²) in [5.74, 6) is 1.57. The average Bonchev–Trinajstić information content (AvgIpc) is 2.92. The highest BCUT2D eigenvalue weighted by Crippen LogP contribution is 2.37. The van der Waals surface area contributed by atoms with Crippen molar-refractivity contribution in [3.8, 4) is 17.2 Å². The summed E-state index contributed by atoms with van der Waals surface area (Å²) in [5, 5.41) is 4.02. The fourth-order valence-corrected chi connectivity index (χ4v) is 6.26. The molecule has 0 saturated carbocycles. The van der Waals surface area contributed by atoms with Gasteiger partial charge in [-0.15, -0.1) is 0 Å². The van der Waals surface area contributed by atoms with E-state index in [1.165, 1.54) is 51.7 Å². The number of ether oxygens (including phenoxy) is 3. The predicted octanol–water partition coefficient (Wildman–Crippen LogP) is 5.92. The molecule has 3 rings (SSSR count). The summed E-state index contributed by atoms with van der Waals surface area (Å²) in [6.07, 6.45) is 0. The number of halogens is 3. The minimum atomic E-state index is -4.27. The maximum absolute atomic E-state index is 13.8. The van der Waals surface area contributed by atoms with Gasteiger partial charge in [0.2, 0.25) is 5.91 Å². The molecule has 3 aromatic rings. The van der Waals surface area contributed by atoms with E-state index in [-0.39, 0.29) is 27.1 Å². The van der Waals surface area contributed by atoms with Crippen LogP contribution in [-0.2, 0) is 20.6 Å². The first-order valence-electron chi connectivity index (χ1n) is 11.5. The van der Waals surface area contributed by atoms with E-state index in [0.717, 1.165) is 9.87 Å². The van der Waals surface area contributed by atoms with Crippen LogP contribution in [0.25, 0.3) is 0 Å². The molecule has 0 saturated heterocycles. The molecule has 3 aromatic carbocycles. The van der Waals surface area contributed by atoms with Crippen molar-refractivity contribution in [2.24, 2.45) is 0 Å². The van der Waals surface area contributed by atoms with E-state index in [2.05, 4.69) is 5.32 Å². The van der Waals surface area contributed by atoms with Gasteiger partial charge in [0.05, 0.1) is 42.0 Å². The summed E-state index contributed by atoms with van der Waals surface area (Å²) in [5.41, 5.74) is 1.12. The highest BCUT2D eigenvalue weighted by Gasteiger charge is 2.30. The molecule has 0 aliphatic rings. The second-order valence-electron chi connectivity index (χ2n) is 8.00.